The zero-order chi connectivity index (χ0) is 16.3. The number of benzene rings is 1. The zero-order valence-electron chi connectivity index (χ0n) is 11.7. The van der Waals surface area contributed by atoms with Crippen molar-refractivity contribution < 1.29 is 19.4 Å². The summed E-state index contributed by atoms with van der Waals surface area (Å²) in [7, 11) is 1.21. The second kappa shape index (κ2) is 6.59. The van der Waals surface area contributed by atoms with Gasteiger partial charge in [-0.3, -0.25) is 4.79 Å². The quantitative estimate of drug-likeness (QED) is 0.802. The van der Waals surface area contributed by atoms with Gasteiger partial charge in [-0.2, -0.15) is 5.10 Å². The highest BCUT2D eigenvalue weighted by Crippen LogP contribution is 2.25. The molecular formula is C14H14ClN3O4. The highest BCUT2D eigenvalue weighted by molar-refractivity contribution is 6.31. The van der Waals surface area contributed by atoms with Crippen LogP contribution in [0.3, 0.4) is 0 Å². The third-order valence-electron chi connectivity index (χ3n) is 3.04. The Morgan fingerprint density at radius 3 is 2.59 bits per heavy atom. The number of aromatic nitrogens is 2. The van der Waals surface area contributed by atoms with Gasteiger partial charge < -0.3 is 15.6 Å². The minimum atomic E-state index is -1.20. The predicted octanol–water partition coefficient (Wildman–Crippen LogP) is 1.27. The highest BCUT2D eigenvalue weighted by atomic mass is 35.5. The van der Waals surface area contributed by atoms with E-state index in [0.717, 1.165) is 0 Å². The SMILES string of the molecule is COC(=O)c1nn(-c2ccccc2)c(Cl)c1CC(N)C(=O)O. The van der Waals surface area contributed by atoms with Crippen molar-refractivity contribution in [3.63, 3.8) is 0 Å². The van der Waals surface area contributed by atoms with Gasteiger partial charge in [0.15, 0.2) is 5.69 Å². The number of ether oxygens (including phenoxy) is 1. The van der Waals surface area contributed by atoms with Crippen LogP contribution in [-0.2, 0) is 16.0 Å². The summed E-state index contributed by atoms with van der Waals surface area (Å²) in [5.41, 5.74) is 6.36. The van der Waals surface area contributed by atoms with Gasteiger partial charge in [-0.15, -0.1) is 0 Å². The van der Waals surface area contributed by atoms with Gasteiger partial charge in [-0.25, -0.2) is 9.48 Å². The van der Waals surface area contributed by atoms with Crippen LogP contribution < -0.4 is 5.73 Å². The fourth-order valence-corrected chi connectivity index (χ4v) is 2.22. The lowest BCUT2D eigenvalue weighted by molar-refractivity contribution is -0.138. The first-order valence-electron chi connectivity index (χ1n) is 6.35. The summed E-state index contributed by atoms with van der Waals surface area (Å²) in [5, 5.41) is 13.2. The summed E-state index contributed by atoms with van der Waals surface area (Å²) in [5.74, 6) is -1.90. The molecule has 8 heteroatoms. The third-order valence-corrected chi connectivity index (χ3v) is 3.43. The summed E-state index contributed by atoms with van der Waals surface area (Å²) in [6.45, 7) is 0. The van der Waals surface area contributed by atoms with Gasteiger partial charge in [0, 0.05) is 12.0 Å². The van der Waals surface area contributed by atoms with Crippen molar-refractivity contribution >= 4 is 23.5 Å². The van der Waals surface area contributed by atoms with E-state index in [0.29, 0.717) is 5.69 Å². The van der Waals surface area contributed by atoms with Gasteiger partial charge in [0.05, 0.1) is 12.8 Å². The van der Waals surface area contributed by atoms with E-state index in [9.17, 15) is 9.59 Å². The van der Waals surface area contributed by atoms with Crippen LogP contribution in [0.1, 0.15) is 16.1 Å². The van der Waals surface area contributed by atoms with Gasteiger partial charge in [0.1, 0.15) is 11.2 Å². The average Bonchev–Trinajstić information content (AvgIpc) is 2.84. The van der Waals surface area contributed by atoms with Crippen LogP contribution >= 0.6 is 11.6 Å². The van der Waals surface area contributed by atoms with Crippen molar-refractivity contribution in [1.29, 1.82) is 0 Å². The van der Waals surface area contributed by atoms with Crippen LogP contribution in [0.2, 0.25) is 5.15 Å². The highest BCUT2D eigenvalue weighted by Gasteiger charge is 2.26. The number of para-hydroxylation sites is 1. The zero-order valence-corrected chi connectivity index (χ0v) is 12.4. The summed E-state index contributed by atoms with van der Waals surface area (Å²) in [4.78, 5) is 22.8. The molecule has 0 amide bonds. The number of nitrogens with zero attached hydrogens (tertiary/aromatic N) is 2. The molecule has 1 aromatic heterocycles. The minimum Gasteiger partial charge on any atom is -0.480 e. The number of aliphatic carboxylic acids is 1. The molecule has 22 heavy (non-hydrogen) atoms. The molecule has 1 atom stereocenters. The number of nitrogens with two attached hydrogens (primary N) is 1. The number of carboxylic acids is 1. The molecule has 0 spiro atoms. The molecule has 0 fully saturated rings. The fraction of sp³-hybridized carbons (Fsp3) is 0.214. The van der Waals surface area contributed by atoms with E-state index >= 15 is 0 Å². The Hall–Kier alpha value is -2.38. The Bertz CT molecular complexity index is 700. The van der Waals surface area contributed by atoms with Gasteiger partial charge >= 0.3 is 11.9 Å². The van der Waals surface area contributed by atoms with Gasteiger partial charge in [0.2, 0.25) is 0 Å². The molecule has 1 unspecified atom stereocenters. The van der Waals surface area contributed by atoms with Crippen LogP contribution in [-0.4, -0.2) is 40.0 Å². The lowest BCUT2D eigenvalue weighted by Crippen LogP contribution is -2.32. The molecule has 0 saturated heterocycles. The summed E-state index contributed by atoms with van der Waals surface area (Å²) < 4.78 is 6.01. The lowest BCUT2D eigenvalue weighted by Gasteiger charge is -2.06. The number of carbonyl (C=O) groups excluding carboxylic acids is 1. The second-order valence-corrected chi connectivity index (χ2v) is 4.86. The van der Waals surface area contributed by atoms with E-state index in [1.165, 1.54) is 11.8 Å². The molecule has 3 N–H and O–H groups in total. The number of carbonyl (C=O) groups is 2. The normalized spacial score (nSPS) is 12.0. The van der Waals surface area contributed by atoms with Crippen LogP contribution in [0.5, 0.6) is 0 Å². The van der Waals surface area contributed by atoms with E-state index in [2.05, 4.69) is 9.84 Å². The number of halogens is 1. The first-order valence-corrected chi connectivity index (χ1v) is 6.73. The van der Waals surface area contributed by atoms with Crippen molar-refractivity contribution in [1.82, 2.24) is 9.78 Å². The molecule has 0 aliphatic rings. The lowest BCUT2D eigenvalue weighted by atomic mass is 10.1. The molecule has 2 rings (SSSR count). The molecule has 0 saturated carbocycles. The van der Waals surface area contributed by atoms with Crippen LogP contribution in [0, 0.1) is 0 Å². The first kappa shape index (κ1) is 16.0. The topological polar surface area (TPSA) is 107 Å². The van der Waals surface area contributed by atoms with Gasteiger partial charge in [-0.1, -0.05) is 29.8 Å². The van der Waals surface area contributed by atoms with E-state index in [-0.39, 0.29) is 22.8 Å². The smallest absolute Gasteiger partial charge is 0.358 e. The fourth-order valence-electron chi connectivity index (χ4n) is 1.92. The largest absolute Gasteiger partial charge is 0.480 e. The summed E-state index contributed by atoms with van der Waals surface area (Å²) >= 11 is 6.26. The molecule has 7 nitrogen and oxygen atoms in total. The Morgan fingerprint density at radius 2 is 2.05 bits per heavy atom. The summed E-state index contributed by atoms with van der Waals surface area (Å²) in [6.07, 6.45) is -0.133. The molecule has 2 aromatic rings. The number of hydrogen-bond acceptors (Lipinski definition) is 5. The Kier molecular flexibility index (Phi) is 4.79. The molecular weight excluding hydrogens is 310 g/mol. The van der Waals surface area contributed by atoms with E-state index < -0.39 is 18.0 Å². The van der Waals surface area contributed by atoms with Crippen molar-refractivity contribution in [2.24, 2.45) is 5.73 Å². The summed E-state index contributed by atoms with van der Waals surface area (Å²) in [6, 6.07) is 7.70. The predicted molar refractivity (Wildman–Crippen MR) is 79.2 cm³/mol. The number of carboxylic acid groups (broad SMARTS) is 1. The number of rotatable bonds is 5. The van der Waals surface area contributed by atoms with Crippen molar-refractivity contribution in [2.45, 2.75) is 12.5 Å². The average molecular weight is 324 g/mol. The molecule has 0 aliphatic heterocycles. The number of hydrogen-bond donors (Lipinski definition) is 2. The molecule has 1 heterocycles. The Morgan fingerprint density at radius 1 is 1.41 bits per heavy atom. The molecule has 0 bridgehead atoms. The molecule has 116 valence electrons. The van der Waals surface area contributed by atoms with Gasteiger partial charge in [0.25, 0.3) is 0 Å². The Labute approximate surface area is 131 Å². The van der Waals surface area contributed by atoms with Gasteiger partial charge in [-0.05, 0) is 12.1 Å². The van der Waals surface area contributed by atoms with E-state index in [4.69, 9.17) is 22.4 Å². The van der Waals surface area contributed by atoms with E-state index in [1.807, 2.05) is 6.07 Å². The van der Waals surface area contributed by atoms with Crippen LogP contribution in [0.25, 0.3) is 5.69 Å². The van der Waals surface area contributed by atoms with Crippen LogP contribution in [0.15, 0.2) is 30.3 Å². The molecule has 0 radical (unpaired) electrons. The van der Waals surface area contributed by atoms with Crippen molar-refractivity contribution in [2.75, 3.05) is 7.11 Å². The second-order valence-electron chi connectivity index (χ2n) is 4.51. The van der Waals surface area contributed by atoms with Crippen molar-refractivity contribution in [3.8, 4) is 5.69 Å². The number of esters is 1. The van der Waals surface area contributed by atoms with Crippen LogP contribution in [0.4, 0.5) is 0 Å². The standard InChI is InChI=1S/C14H14ClN3O4/c1-22-14(21)11-9(7-10(16)13(19)20)12(15)18(17-11)8-5-3-2-4-6-8/h2-6,10H,7,16H2,1H3,(H,19,20). The molecule has 0 aliphatic carbocycles. The number of methoxy groups -OCH3 is 1. The minimum absolute atomic E-state index is 0.0481. The van der Waals surface area contributed by atoms with Crippen molar-refractivity contribution in [3.05, 3.63) is 46.7 Å². The maximum absolute atomic E-state index is 11.8. The third kappa shape index (κ3) is 3.10. The first-order chi connectivity index (χ1) is 10.5. The maximum atomic E-state index is 11.8. The van der Waals surface area contributed by atoms with E-state index in [1.54, 1.807) is 24.3 Å². The monoisotopic (exact) mass is 323 g/mol. The Balaban J connectivity index is 2.53. The maximum Gasteiger partial charge on any atom is 0.358 e. The molecule has 1 aromatic carbocycles.